The van der Waals surface area contributed by atoms with Crippen LogP contribution in [-0.2, 0) is 11.3 Å². The van der Waals surface area contributed by atoms with Crippen molar-refractivity contribution in [2.45, 2.75) is 13.0 Å². The fourth-order valence-electron chi connectivity index (χ4n) is 3.54. The second-order valence-electron chi connectivity index (χ2n) is 7.46. The van der Waals surface area contributed by atoms with Crippen LogP contribution in [0.25, 0.3) is 0 Å². The van der Waals surface area contributed by atoms with Crippen LogP contribution in [0.2, 0.25) is 10.0 Å². The summed E-state index contributed by atoms with van der Waals surface area (Å²) < 4.78 is 16.4. The summed E-state index contributed by atoms with van der Waals surface area (Å²) in [6.45, 7) is 5.86. The lowest BCUT2D eigenvalue weighted by molar-refractivity contribution is 0.0367. The van der Waals surface area contributed by atoms with Crippen LogP contribution in [0.5, 0.6) is 11.5 Å². The fraction of sp³-hybridized carbons (Fsp3) is 0.435. The third-order valence-corrected chi connectivity index (χ3v) is 6.24. The van der Waals surface area contributed by atoms with E-state index in [1.54, 1.807) is 32.4 Å². The maximum atomic E-state index is 6.34. The summed E-state index contributed by atoms with van der Waals surface area (Å²) >= 11 is 18.3. The first kappa shape index (κ1) is 24.9. The van der Waals surface area contributed by atoms with E-state index in [9.17, 15) is 0 Å². The van der Waals surface area contributed by atoms with Crippen molar-refractivity contribution in [1.82, 2.24) is 9.80 Å². The zero-order valence-corrected chi connectivity index (χ0v) is 20.7. The molecule has 2 aromatic rings. The molecule has 1 aliphatic heterocycles. The minimum atomic E-state index is 0.562. The number of nitrogens with one attached hydrogen (secondary N) is 1. The summed E-state index contributed by atoms with van der Waals surface area (Å²) in [4.78, 5) is 4.54. The molecule has 3 rings (SSSR count). The quantitative estimate of drug-likeness (QED) is 0.492. The second kappa shape index (κ2) is 12.5. The van der Waals surface area contributed by atoms with E-state index in [2.05, 4.69) is 15.1 Å². The van der Waals surface area contributed by atoms with Crippen LogP contribution in [0, 0.1) is 0 Å². The van der Waals surface area contributed by atoms with E-state index in [1.165, 1.54) is 0 Å². The zero-order chi connectivity index (χ0) is 22.9. The number of nitrogens with zero attached hydrogens (tertiary/aromatic N) is 2. The number of methoxy groups -OCH3 is 2. The smallest absolute Gasteiger partial charge is 0.173 e. The predicted octanol–water partition coefficient (Wildman–Crippen LogP) is 4.93. The molecule has 0 spiro atoms. The highest BCUT2D eigenvalue weighted by Gasteiger charge is 2.17. The SMILES string of the molecule is COc1ccc(CN(CCCN2CCOCC2)C(=S)Nc2cc(Cl)ccc2Cl)c(OC)c1. The van der Waals surface area contributed by atoms with Gasteiger partial charge in [0.05, 0.1) is 38.1 Å². The molecule has 1 saturated heterocycles. The lowest BCUT2D eigenvalue weighted by Crippen LogP contribution is -2.40. The Kier molecular flexibility index (Phi) is 9.69. The minimum absolute atomic E-state index is 0.562. The lowest BCUT2D eigenvalue weighted by Gasteiger charge is -2.30. The maximum absolute atomic E-state index is 6.34. The van der Waals surface area contributed by atoms with Gasteiger partial charge in [0, 0.05) is 49.4 Å². The number of thiocarbonyl (C=S) groups is 1. The normalized spacial score (nSPS) is 14.1. The maximum Gasteiger partial charge on any atom is 0.173 e. The van der Waals surface area contributed by atoms with E-state index >= 15 is 0 Å². The minimum Gasteiger partial charge on any atom is -0.497 e. The van der Waals surface area contributed by atoms with Gasteiger partial charge in [-0.15, -0.1) is 0 Å². The Bertz CT molecular complexity index is 910. The fourth-order valence-corrected chi connectivity index (χ4v) is 4.14. The molecular formula is C23H29Cl2N3O3S. The van der Waals surface area contributed by atoms with Crippen LogP contribution < -0.4 is 14.8 Å². The Labute approximate surface area is 205 Å². The predicted molar refractivity (Wildman–Crippen MR) is 135 cm³/mol. The summed E-state index contributed by atoms with van der Waals surface area (Å²) in [5.74, 6) is 1.50. The van der Waals surface area contributed by atoms with Crippen molar-refractivity contribution in [3.05, 3.63) is 52.0 Å². The number of ether oxygens (including phenoxy) is 3. The topological polar surface area (TPSA) is 46.2 Å². The van der Waals surface area contributed by atoms with Crippen molar-refractivity contribution in [1.29, 1.82) is 0 Å². The molecule has 0 atom stereocenters. The summed E-state index contributed by atoms with van der Waals surface area (Å²) in [5.41, 5.74) is 1.70. The van der Waals surface area contributed by atoms with Gasteiger partial charge < -0.3 is 24.4 Å². The monoisotopic (exact) mass is 497 g/mol. The van der Waals surface area contributed by atoms with Crippen LogP contribution in [0.1, 0.15) is 12.0 Å². The van der Waals surface area contributed by atoms with Crippen LogP contribution in [0.4, 0.5) is 5.69 Å². The first-order valence-electron chi connectivity index (χ1n) is 10.5. The molecule has 2 aromatic carbocycles. The van der Waals surface area contributed by atoms with Crippen molar-refractivity contribution in [3.8, 4) is 11.5 Å². The average molecular weight is 498 g/mol. The highest BCUT2D eigenvalue weighted by atomic mass is 35.5. The second-order valence-corrected chi connectivity index (χ2v) is 8.69. The summed E-state index contributed by atoms with van der Waals surface area (Å²) in [6.07, 6.45) is 0.962. The van der Waals surface area contributed by atoms with Crippen molar-refractivity contribution in [2.75, 3.05) is 58.9 Å². The molecule has 0 radical (unpaired) electrons. The Balaban J connectivity index is 1.73. The molecule has 1 aliphatic rings. The van der Waals surface area contributed by atoms with E-state index < -0.39 is 0 Å². The van der Waals surface area contributed by atoms with Crippen LogP contribution in [0.15, 0.2) is 36.4 Å². The van der Waals surface area contributed by atoms with Gasteiger partial charge in [0.2, 0.25) is 0 Å². The van der Waals surface area contributed by atoms with Gasteiger partial charge in [0.25, 0.3) is 0 Å². The molecule has 1 fully saturated rings. The molecule has 0 amide bonds. The van der Waals surface area contributed by atoms with E-state index in [4.69, 9.17) is 49.6 Å². The summed E-state index contributed by atoms with van der Waals surface area (Å²) in [5, 5.41) is 4.99. The van der Waals surface area contributed by atoms with E-state index in [-0.39, 0.29) is 0 Å². The Morgan fingerprint density at radius 2 is 1.91 bits per heavy atom. The molecule has 32 heavy (non-hydrogen) atoms. The number of halogens is 2. The molecule has 0 aliphatic carbocycles. The Morgan fingerprint density at radius 3 is 2.62 bits per heavy atom. The van der Waals surface area contributed by atoms with Gasteiger partial charge in [0.1, 0.15) is 11.5 Å². The van der Waals surface area contributed by atoms with Crippen molar-refractivity contribution >= 4 is 46.2 Å². The van der Waals surface area contributed by atoms with Crippen LogP contribution in [0.3, 0.4) is 0 Å². The highest BCUT2D eigenvalue weighted by Crippen LogP contribution is 2.28. The highest BCUT2D eigenvalue weighted by molar-refractivity contribution is 7.80. The lowest BCUT2D eigenvalue weighted by atomic mass is 10.1. The standard InChI is InChI=1S/C23H29Cl2N3O3S/c1-29-19-6-4-17(22(15-19)30-2)16-28(9-3-8-27-10-12-31-13-11-27)23(32)26-21-14-18(24)5-7-20(21)25/h4-7,14-15H,3,8-13,16H2,1-2H3,(H,26,32). The van der Waals surface area contributed by atoms with Gasteiger partial charge >= 0.3 is 0 Å². The summed E-state index contributed by atoms with van der Waals surface area (Å²) in [7, 11) is 3.30. The van der Waals surface area contributed by atoms with Crippen molar-refractivity contribution < 1.29 is 14.2 Å². The number of benzene rings is 2. The molecule has 6 nitrogen and oxygen atoms in total. The van der Waals surface area contributed by atoms with Crippen molar-refractivity contribution in [3.63, 3.8) is 0 Å². The first-order chi connectivity index (χ1) is 15.5. The zero-order valence-electron chi connectivity index (χ0n) is 18.4. The Morgan fingerprint density at radius 1 is 1.12 bits per heavy atom. The number of hydrogen-bond donors (Lipinski definition) is 1. The van der Waals surface area contributed by atoms with Gasteiger partial charge in [-0.25, -0.2) is 0 Å². The van der Waals surface area contributed by atoms with Crippen molar-refractivity contribution in [2.24, 2.45) is 0 Å². The van der Waals surface area contributed by atoms with Gasteiger partial charge in [-0.1, -0.05) is 23.2 Å². The average Bonchev–Trinajstić information content (AvgIpc) is 2.81. The number of morpholine rings is 1. The number of anilines is 1. The molecule has 0 aromatic heterocycles. The van der Waals surface area contributed by atoms with Gasteiger partial charge in [-0.3, -0.25) is 4.90 Å². The molecule has 1 heterocycles. The molecule has 0 saturated carbocycles. The largest absolute Gasteiger partial charge is 0.497 e. The number of hydrogen-bond acceptors (Lipinski definition) is 5. The molecule has 0 bridgehead atoms. The first-order valence-corrected chi connectivity index (χ1v) is 11.7. The molecule has 174 valence electrons. The third-order valence-electron chi connectivity index (χ3n) is 5.32. The van der Waals surface area contributed by atoms with Crippen LogP contribution >= 0.6 is 35.4 Å². The van der Waals surface area contributed by atoms with E-state index in [0.29, 0.717) is 27.4 Å². The molecule has 9 heteroatoms. The number of rotatable bonds is 9. The van der Waals surface area contributed by atoms with Gasteiger partial charge in [0.15, 0.2) is 5.11 Å². The van der Waals surface area contributed by atoms with Crippen LogP contribution in [-0.4, -0.2) is 68.5 Å². The van der Waals surface area contributed by atoms with E-state index in [1.807, 2.05) is 18.2 Å². The molecular weight excluding hydrogens is 469 g/mol. The third kappa shape index (κ3) is 7.12. The molecule has 1 N–H and O–H groups in total. The Hall–Kier alpha value is -1.77. The van der Waals surface area contributed by atoms with Gasteiger partial charge in [-0.2, -0.15) is 0 Å². The van der Waals surface area contributed by atoms with E-state index in [0.717, 1.165) is 62.9 Å². The van der Waals surface area contributed by atoms with Gasteiger partial charge in [-0.05, 0) is 49.0 Å². The summed E-state index contributed by atoms with van der Waals surface area (Å²) in [6, 6.07) is 11.1. The molecule has 0 unspecified atom stereocenters.